The molecule has 0 spiro atoms. The summed E-state index contributed by atoms with van der Waals surface area (Å²) >= 11 is 0. The van der Waals surface area contributed by atoms with Crippen LogP contribution in [0.5, 0.6) is 5.88 Å². The minimum atomic E-state index is -0.444. The predicted octanol–water partition coefficient (Wildman–Crippen LogP) is 1.04. The summed E-state index contributed by atoms with van der Waals surface area (Å²) in [6.45, 7) is 1.79. The van der Waals surface area contributed by atoms with Crippen molar-refractivity contribution in [3.63, 3.8) is 0 Å². The van der Waals surface area contributed by atoms with Gasteiger partial charge in [0, 0.05) is 17.7 Å². The Labute approximate surface area is 115 Å². The lowest BCUT2D eigenvalue weighted by Crippen LogP contribution is -2.16. The molecule has 2 heterocycles. The summed E-state index contributed by atoms with van der Waals surface area (Å²) < 4.78 is 5.03. The van der Waals surface area contributed by atoms with Gasteiger partial charge in [0.25, 0.3) is 5.91 Å². The van der Waals surface area contributed by atoms with Gasteiger partial charge in [0.1, 0.15) is 5.82 Å². The molecule has 104 valence electrons. The lowest BCUT2D eigenvalue weighted by atomic mass is 10.4. The van der Waals surface area contributed by atoms with Crippen molar-refractivity contribution in [2.45, 2.75) is 25.7 Å². The van der Waals surface area contributed by atoms with Gasteiger partial charge in [-0.3, -0.25) is 15.2 Å². The van der Waals surface area contributed by atoms with Crippen molar-refractivity contribution in [3.05, 3.63) is 23.4 Å². The average Bonchev–Trinajstić information content (AvgIpc) is 3.15. The molecule has 0 radical (unpaired) electrons. The number of aromatic nitrogens is 5. The molecule has 0 atom stereocenters. The van der Waals surface area contributed by atoms with Crippen molar-refractivity contribution >= 4 is 11.9 Å². The Morgan fingerprint density at radius 3 is 2.90 bits per heavy atom. The van der Waals surface area contributed by atoms with Gasteiger partial charge in [-0.15, -0.1) is 5.10 Å². The van der Waals surface area contributed by atoms with Crippen LogP contribution >= 0.6 is 0 Å². The molecular weight excluding hydrogens is 260 g/mol. The Bertz CT molecular complexity index is 649. The van der Waals surface area contributed by atoms with Crippen molar-refractivity contribution in [2.24, 2.45) is 0 Å². The molecule has 1 aliphatic rings. The Balaban J connectivity index is 1.75. The summed E-state index contributed by atoms with van der Waals surface area (Å²) in [5.74, 6) is 1.39. The number of nitrogens with one attached hydrogen (secondary N) is 2. The van der Waals surface area contributed by atoms with Crippen molar-refractivity contribution in [2.75, 3.05) is 12.4 Å². The summed E-state index contributed by atoms with van der Waals surface area (Å²) in [7, 11) is 1.50. The first-order valence-corrected chi connectivity index (χ1v) is 6.29. The van der Waals surface area contributed by atoms with E-state index in [0.29, 0.717) is 17.5 Å². The molecule has 0 aliphatic heterocycles. The standard InChI is InChI=1S/C12H14N6O2/c1-6-5-8(20-2)14-12(13-6)16-11(19)10-15-9(17-18-10)7-3-4-7/h5,7H,3-4H2,1-2H3,(H,15,17,18)(H,13,14,16,19). The van der Waals surface area contributed by atoms with Gasteiger partial charge in [-0.2, -0.15) is 4.98 Å². The second-order valence-electron chi connectivity index (χ2n) is 4.65. The van der Waals surface area contributed by atoms with E-state index < -0.39 is 5.91 Å². The molecule has 8 heteroatoms. The third-order valence-corrected chi connectivity index (χ3v) is 2.94. The highest BCUT2D eigenvalue weighted by atomic mass is 16.5. The van der Waals surface area contributed by atoms with E-state index in [0.717, 1.165) is 18.7 Å². The van der Waals surface area contributed by atoms with Gasteiger partial charge < -0.3 is 4.74 Å². The zero-order valence-electron chi connectivity index (χ0n) is 11.2. The van der Waals surface area contributed by atoms with Crippen LogP contribution in [0, 0.1) is 6.92 Å². The molecule has 0 saturated heterocycles. The normalized spacial score (nSPS) is 14.1. The topological polar surface area (TPSA) is 106 Å². The number of amides is 1. The number of ether oxygens (including phenoxy) is 1. The van der Waals surface area contributed by atoms with Gasteiger partial charge in [-0.25, -0.2) is 9.97 Å². The first-order chi connectivity index (χ1) is 9.65. The molecule has 8 nitrogen and oxygen atoms in total. The summed E-state index contributed by atoms with van der Waals surface area (Å²) in [5.41, 5.74) is 0.695. The molecule has 1 saturated carbocycles. The van der Waals surface area contributed by atoms with E-state index in [1.807, 2.05) is 0 Å². The van der Waals surface area contributed by atoms with E-state index in [1.165, 1.54) is 7.11 Å². The second-order valence-corrected chi connectivity index (χ2v) is 4.65. The molecule has 1 fully saturated rings. The number of methoxy groups -OCH3 is 1. The van der Waals surface area contributed by atoms with E-state index >= 15 is 0 Å². The van der Waals surface area contributed by atoms with Gasteiger partial charge in [-0.05, 0) is 19.8 Å². The first kappa shape index (κ1) is 12.5. The fourth-order valence-electron chi connectivity index (χ4n) is 1.77. The molecule has 2 aromatic rings. The highest BCUT2D eigenvalue weighted by Gasteiger charge is 2.28. The predicted molar refractivity (Wildman–Crippen MR) is 69.6 cm³/mol. The molecule has 2 N–H and O–H groups in total. The lowest BCUT2D eigenvalue weighted by Gasteiger charge is -2.04. The number of aromatic amines is 1. The van der Waals surface area contributed by atoms with E-state index in [9.17, 15) is 4.79 Å². The fourth-order valence-corrected chi connectivity index (χ4v) is 1.77. The van der Waals surface area contributed by atoms with Crippen molar-refractivity contribution in [3.8, 4) is 5.88 Å². The molecule has 2 aromatic heterocycles. The number of carbonyl (C=O) groups excluding carboxylic acids is 1. The van der Waals surface area contributed by atoms with E-state index in [2.05, 4.69) is 30.5 Å². The van der Waals surface area contributed by atoms with Crippen LogP contribution in [0.1, 0.15) is 40.9 Å². The Hall–Kier alpha value is -2.51. The zero-order chi connectivity index (χ0) is 14.1. The van der Waals surface area contributed by atoms with Crippen molar-refractivity contribution < 1.29 is 9.53 Å². The van der Waals surface area contributed by atoms with Crippen LogP contribution in [0.3, 0.4) is 0 Å². The maximum Gasteiger partial charge on any atom is 0.297 e. The minimum absolute atomic E-state index is 0.0935. The number of H-pyrrole nitrogens is 1. The Morgan fingerprint density at radius 1 is 1.40 bits per heavy atom. The average molecular weight is 274 g/mol. The van der Waals surface area contributed by atoms with Gasteiger partial charge in [0.15, 0.2) is 0 Å². The summed E-state index contributed by atoms with van der Waals surface area (Å²) in [6.07, 6.45) is 2.18. The zero-order valence-corrected chi connectivity index (χ0v) is 11.2. The molecule has 0 unspecified atom stereocenters. The van der Waals surface area contributed by atoms with Crippen LogP contribution < -0.4 is 10.1 Å². The summed E-state index contributed by atoms with van der Waals surface area (Å²) in [5, 5.41) is 9.24. The highest BCUT2D eigenvalue weighted by molar-refractivity contribution is 6.00. The smallest absolute Gasteiger partial charge is 0.297 e. The fraction of sp³-hybridized carbons (Fsp3) is 0.417. The number of nitrogens with zero attached hydrogens (tertiary/aromatic N) is 4. The maximum absolute atomic E-state index is 12.0. The van der Waals surface area contributed by atoms with Crippen LogP contribution in [0.25, 0.3) is 0 Å². The monoisotopic (exact) mass is 274 g/mol. The molecule has 0 aromatic carbocycles. The molecule has 1 amide bonds. The molecule has 20 heavy (non-hydrogen) atoms. The van der Waals surface area contributed by atoms with Crippen LogP contribution in [-0.2, 0) is 0 Å². The van der Waals surface area contributed by atoms with Gasteiger partial charge in [0.2, 0.25) is 17.7 Å². The van der Waals surface area contributed by atoms with Gasteiger partial charge >= 0.3 is 0 Å². The van der Waals surface area contributed by atoms with E-state index in [1.54, 1.807) is 13.0 Å². The summed E-state index contributed by atoms with van der Waals surface area (Å²) in [4.78, 5) is 24.3. The third-order valence-electron chi connectivity index (χ3n) is 2.94. The van der Waals surface area contributed by atoms with Crippen LogP contribution in [0.15, 0.2) is 6.07 Å². The number of rotatable bonds is 4. The highest BCUT2D eigenvalue weighted by Crippen LogP contribution is 2.37. The number of anilines is 1. The van der Waals surface area contributed by atoms with E-state index in [-0.39, 0.29) is 11.8 Å². The van der Waals surface area contributed by atoms with Gasteiger partial charge in [-0.1, -0.05) is 0 Å². The van der Waals surface area contributed by atoms with Crippen LogP contribution in [-0.4, -0.2) is 38.2 Å². The number of hydrogen-bond acceptors (Lipinski definition) is 6. The van der Waals surface area contributed by atoms with Gasteiger partial charge in [0.05, 0.1) is 7.11 Å². The van der Waals surface area contributed by atoms with E-state index in [4.69, 9.17) is 4.74 Å². The second kappa shape index (κ2) is 4.87. The lowest BCUT2D eigenvalue weighted by molar-refractivity contribution is 0.101. The van der Waals surface area contributed by atoms with Crippen LogP contribution in [0.2, 0.25) is 0 Å². The quantitative estimate of drug-likeness (QED) is 0.863. The maximum atomic E-state index is 12.0. The molecule has 0 bridgehead atoms. The Morgan fingerprint density at radius 2 is 2.20 bits per heavy atom. The molecular formula is C12H14N6O2. The first-order valence-electron chi connectivity index (χ1n) is 6.29. The SMILES string of the molecule is COc1cc(C)nc(NC(=O)c2n[nH]c(C3CC3)n2)n1. The van der Waals surface area contributed by atoms with Crippen molar-refractivity contribution in [1.29, 1.82) is 0 Å². The Kier molecular flexibility index (Phi) is 3.05. The summed E-state index contributed by atoms with van der Waals surface area (Å²) in [6, 6.07) is 1.67. The largest absolute Gasteiger partial charge is 0.481 e. The molecule has 3 rings (SSSR count). The van der Waals surface area contributed by atoms with Crippen molar-refractivity contribution in [1.82, 2.24) is 25.1 Å². The number of carbonyl (C=O) groups is 1. The van der Waals surface area contributed by atoms with Crippen LogP contribution in [0.4, 0.5) is 5.95 Å². The molecule has 1 aliphatic carbocycles. The number of hydrogen-bond donors (Lipinski definition) is 2. The third kappa shape index (κ3) is 2.58. The minimum Gasteiger partial charge on any atom is -0.481 e. The number of aryl methyl sites for hydroxylation is 1.